The van der Waals surface area contributed by atoms with Crippen molar-refractivity contribution in [3.05, 3.63) is 28.3 Å². The number of hydrogen-bond acceptors (Lipinski definition) is 2. The van der Waals surface area contributed by atoms with Crippen LogP contribution in [0.5, 0.6) is 0 Å². The van der Waals surface area contributed by atoms with E-state index in [0.717, 1.165) is 12.0 Å². The first kappa shape index (κ1) is 12.8. The van der Waals surface area contributed by atoms with Gasteiger partial charge in [0.25, 0.3) is 0 Å². The maximum Gasteiger partial charge on any atom is 0 e. The van der Waals surface area contributed by atoms with E-state index in [0.29, 0.717) is 0 Å². The van der Waals surface area contributed by atoms with Crippen molar-refractivity contribution in [1.29, 1.82) is 0 Å². The molecule has 0 bridgehead atoms. The molecule has 0 heterocycles. The normalized spacial score (nSPS) is 15.5. The van der Waals surface area contributed by atoms with Gasteiger partial charge in [-0.1, -0.05) is 25.7 Å². The molecule has 3 nitrogen and oxygen atoms in total. The number of rotatable bonds is 1. The van der Waals surface area contributed by atoms with Crippen LogP contribution in [0.25, 0.3) is 5.59 Å². The van der Waals surface area contributed by atoms with E-state index in [-0.39, 0.29) is 0 Å². The van der Waals surface area contributed by atoms with Crippen molar-refractivity contribution in [2.45, 2.75) is 32.6 Å². The molecular weight excluding hydrogens is 394 g/mol. The summed E-state index contributed by atoms with van der Waals surface area (Å²) in [4.78, 5) is 7.25. The van der Waals surface area contributed by atoms with Gasteiger partial charge in [0.05, 0.1) is 0 Å². The van der Waals surface area contributed by atoms with E-state index in [1.165, 1.54) is 31.4 Å². The van der Waals surface area contributed by atoms with Crippen molar-refractivity contribution in [2.24, 2.45) is 0 Å². The quantitative estimate of drug-likeness (QED) is 0.680. The van der Waals surface area contributed by atoms with E-state index in [9.17, 15) is 0 Å². The Hall–Kier alpha value is -1.83. The van der Waals surface area contributed by atoms with Crippen molar-refractivity contribution >= 4 is 0 Å². The Kier molecular flexibility index (Phi) is 7.77. The van der Waals surface area contributed by atoms with Crippen molar-refractivity contribution in [3.63, 3.8) is 0 Å². The average molecular weight is 407 g/mol. The van der Waals surface area contributed by atoms with E-state index < -0.39 is 0 Å². The minimum Gasteiger partial charge on any atom is -0.577 e. The summed E-state index contributed by atoms with van der Waals surface area (Å²) in [7, 11) is 0. The van der Waals surface area contributed by atoms with Crippen LogP contribution >= 0.6 is 0 Å². The average Bonchev–Trinajstić information content (AvgIpc) is 2.09. The van der Waals surface area contributed by atoms with Gasteiger partial charge in [-0.05, 0) is 0 Å². The minimum absolute atomic E-state index is 0. The summed E-state index contributed by atoms with van der Waals surface area (Å²) < 4.78 is 0. The second kappa shape index (κ2) is 7.28. The standard InChI is InChI=1S/C8H13O.Es.NO/c1-7-4-2-3-5-8(7)6-9;;1-2/h6,9H,2-5H2,1H3;;/q-1;;-1. The first-order valence-electron chi connectivity index (χ1n) is 3.69. The largest absolute Gasteiger partial charge is 0.577 e. The van der Waals surface area contributed by atoms with E-state index >= 15 is 0 Å². The summed E-state index contributed by atoms with van der Waals surface area (Å²) in [5, 5.41) is 8.68. The smallest absolute Gasteiger partial charge is 0 e. The van der Waals surface area contributed by atoms with Gasteiger partial charge in [-0.25, -0.2) is 5.57 Å². The van der Waals surface area contributed by atoms with Crippen LogP contribution in [0, 0.1) is 11.5 Å². The van der Waals surface area contributed by atoms with Gasteiger partial charge in [0.1, 0.15) is 0 Å². The predicted molar refractivity (Wildman–Crippen MR) is 44.1 cm³/mol. The van der Waals surface area contributed by atoms with Crippen molar-refractivity contribution in [3.8, 4) is 0 Å². The molecule has 0 aromatic carbocycles. The van der Waals surface area contributed by atoms with Gasteiger partial charge in [0.15, 0.2) is 0 Å². The topological polar surface area (TPSA) is 59.6 Å². The maximum atomic E-state index is 8.68. The second-order valence-electron chi connectivity index (χ2n) is 2.64. The number of hydrogen-bond donors (Lipinski definition) is 1. The molecule has 0 fully saturated rings. The summed E-state index contributed by atoms with van der Waals surface area (Å²) in [5.41, 5.74) is 8.27. The zero-order chi connectivity index (χ0) is 8.69. The van der Waals surface area contributed by atoms with Gasteiger partial charge in [-0.15, -0.1) is 13.5 Å². The van der Waals surface area contributed by atoms with Crippen molar-refractivity contribution in [1.82, 2.24) is 0 Å². The Labute approximate surface area is 66.9 Å². The Bertz CT molecular complexity index is 148. The molecule has 0 saturated carbocycles. The molecule has 1 radical (unpaired) electrons. The van der Waals surface area contributed by atoms with Gasteiger partial charge in [-0.3, -0.25) is 0 Å². The van der Waals surface area contributed by atoms with Crippen LogP contribution in [0.1, 0.15) is 32.6 Å². The monoisotopic (exact) mass is 407 g/mol. The third kappa shape index (κ3) is 3.37. The van der Waals surface area contributed by atoms with Gasteiger partial charge >= 0.3 is 0 Å². The first-order chi connectivity index (χ1) is 5.34. The number of nitrogens with zero attached hydrogens (tertiary/aromatic N) is 1. The zero-order valence-corrected chi connectivity index (χ0v) is 9.52. The molecular formula is C8H13EsNO2-2. The molecule has 1 rings (SSSR count). The van der Waals surface area contributed by atoms with E-state index in [2.05, 4.69) is 6.92 Å². The third-order valence-electron chi connectivity index (χ3n) is 1.95. The van der Waals surface area contributed by atoms with Crippen molar-refractivity contribution in [2.75, 3.05) is 0 Å². The molecule has 0 aromatic rings. The number of allylic oxidation sites excluding steroid dienone is 1. The molecule has 1 N–H and O–H groups in total. The molecule has 1 aliphatic rings. The molecule has 1 aliphatic carbocycles. The molecule has 0 spiro atoms. The fourth-order valence-corrected chi connectivity index (χ4v) is 1.25. The van der Waals surface area contributed by atoms with Gasteiger partial charge in [-0.2, -0.15) is 5.57 Å². The Morgan fingerprint density at radius 1 is 1.33 bits per heavy atom. The molecule has 4 heteroatoms. The second-order valence-corrected chi connectivity index (χ2v) is 2.64. The summed E-state index contributed by atoms with van der Waals surface area (Å²) in [6, 6.07) is 0. The van der Waals surface area contributed by atoms with Crippen molar-refractivity contribution < 1.29 is 5.11 Å². The van der Waals surface area contributed by atoms with Crippen LogP contribution in [-0.4, -0.2) is 5.11 Å². The molecule has 0 amide bonds. The summed E-state index contributed by atoms with van der Waals surface area (Å²) in [5.74, 6) is 0. The molecule has 0 unspecified atom stereocenters. The van der Waals surface area contributed by atoms with Crippen LogP contribution in [0.15, 0.2) is 11.1 Å². The minimum atomic E-state index is 0. The number of nitroso groups, excluding NO2 is 1. The fourth-order valence-electron chi connectivity index (χ4n) is 1.25. The number of aliphatic hydroxyl groups excluding tert-OH is 1. The van der Waals surface area contributed by atoms with Gasteiger partial charge < -0.3 is 15.6 Å². The van der Waals surface area contributed by atoms with Gasteiger partial charge in [0, 0.05) is 0 Å². The van der Waals surface area contributed by atoms with E-state index in [4.69, 9.17) is 15.6 Å². The van der Waals surface area contributed by atoms with Crippen LogP contribution < -0.4 is 0 Å². The third-order valence-corrected chi connectivity index (χ3v) is 1.95. The van der Waals surface area contributed by atoms with Crippen LogP contribution in [-0.2, 0) is 0 Å². The molecule has 0 atom stereocenters. The summed E-state index contributed by atoms with van der Waals surface area (Å²) >= 11 is 0. The SMILES string of the molecule is CC1=C([CH-]O)CCCC1.[Es].[N-]=O. The molecule has 12 heavy (non-hydrogen) atoms. The molecule has 0 aliphatic heterocycles. The van der Waals surface area contributed by atoms with Crippen LogP contribution in [0.4, 0.5) is 0 Å². The Morgan fingerprint density at radius 2 is 1.83 bits per heavy atom. The maximum absolute atomic E-state index is 8.68. The molecule has 0 saturated heterocycles. The Morgan fingerprint density at radius 3 is 2.17 bits per heavy atom. The van der Waals surface area contributed by atoms with Crippen LogP contribution in [0.2, 0.25) is 0 Å². The Balaban J connectivity index is 0. The first-order valence-corrected chi connectivity index (χ1v) is 3.69. The van der Waals surface area contributed by atoms with Gasteiger partial charge in [0.2, 0.25) is 0 Å². The predicted octanol–water partition coefficient (Wildman–Crippen LogP) is 2.73. The zero-order valence-electron chi connectivity index (χ0n) is 7.01. The molecule has 75 valence electrons. The van der Waals surface area contributed by atoms with E-state index in [1.54, 1.807) is 0 Å². The molecule has 0 aromatic heterocycles. The summed E-state index contributed by atoms with van der Waals surface area (Å²) in [6.07, 6.45) is 4.78. The van der Waals surface area contributed by atoms with E-state index in [1.807, 2.05) is 0 Å². The summed E-state index contributed by atoms with van der Waals surface area (Å²) in [6.45, 7) is 3.36. The van der Waals surface area contributed by atoms with Crippen LogP contribution in [0.3, 0.4) is 0 Å². The fraction of sp³-hybridized carbons (Fsp3) is 0.625. The number of aliphatic hydroxyl groups is 1.